The normalized spacial score (nSPS) is 16.8. The Labute approximate surface area is 343 Å². The van der Waals surface area contributed by atoms with Gasteiger partial charge in [-0.3, -0.25) is 0 Å². The van der Waals surface area contributed by atoms with Crippen molar-refractivity contribution in [1.29, 1.82) is 0 Å². The van der Waals surface area contributed by atoms with E-state index in [0.717, 1.165) is 77.9 Å². The van der Waals surface area contributed by atoms with Gasteiger partial charge in [-0.15, -0.1) is 0 Å². The van der Waals surface area contributed by atoms with Gasteiger partial charge in [0.25, 0.3) is 0 Å². The Morgan fingerprint density at radius 3 is 0.860 bits per heavy atom. The summed E-state index contributed by atoms with van der Waals surface area (Å²) in [7, 11) is 0. The molecule has 8 aromatic carbocycles. The molecule has 0 aromatic heterocycles. The first-order chi connectivity index (χ1) is 28.0. The van der Waals surface area contributed by atoms with E-state index in [4.69, 9.17) is 11.5 Å². The lowest BCUT2D eigenvalue weighted by atomic mass is 9.68. The lowest BCUT2D eigenvalue weighted by Gasteiger charge is -2.43. The Hall–Kier alpha value is -6.68. The Balaban J connectivity index is 1.26. The van der Waals surface area contributed by atoms with Crippen molar-refractivity contribution < 1.29 is 0 Å². The van der Waals surface area contributed by atoms with Crippen LogP contribution >= 0.6 is 15.9 Å². The zero-order valence-corrected chi connectivity index (χ0v) is 33.0. The maximum absolute atomic E-state index is 7.59. The molecule has 9 rings (SSSR count). The third-order valence-electron chi connectivity index (χ3n) is 11.2. The van der Waals surface area contributed by atoms with Crippen LogP contribution in [0.5, 0.6) is 0 Å². The van der Waals surface area contributed by atoms with E-state index in [1.807, 2.05) is 24.3 Å². The van der Waals surface area contributed by atoms with Crippen molar-refractivity contribution in [3.8, 4) is 44.5 Å². The van der Waals surface area contributed by atoms with Crippen molar-refractivity contribution in [2.24, 2.45) is 11.5 Å². The largest absolute Gasteiger partial charge is 0.401 e. The van der Waals surface area contributed by atoms with Gasteiger partial charge >= 0.3 is 0 Å². The third kappa shape index (κ3) is 6.81. The van der Waals surface area contributed by atoms with Crippen molar-refractivity contribution in [3.63, 3.8) is 0 Å². The summed E-state index contributed by atoms with van der Waals surface area (Å²) in [6.07, 6.45) is 0. The average molecular weight is 798 g/mol. The van der Waals surface area contributed by atoms with Crippen LogP contribution in [-0.2, 0) is 4.32 Å². The number of hydrogen-bond donors (Lipinski definition) is 2. The molecule has 0 heterocycles. The summed E-state index contributed by atoms with van der Waals surface area (Å²) < 4.78 is -0.903. The van der Waals surface area contributed by atoms with Gasteiger partial charge in [-0.05, 0) is 66.8 Å². The second kappa shape index (κ2) is 15.5. The monoisotopic (exact) mass is 796 g/mol. The third-order valence-corrected chi connectivity index (χ3v) is 12.4. The van der Waals surface area contributed by atoms with Crippen LogP contribution in [0.1, 0.15) is 28.2 Å². The highest BCUT2D eigenvalue weighted by atomic mass is 79.9. The number of rotatable bonds is 8. The van der Waals surface area contributed by atoms with E-state index < -0.39 is 4.32 Å². The molecule has 3 heteroatoms. The average Bonchev–Trinajstić information content (AvgIpc) is 3.28. The molecule has 0 radical (unpaired) electrons. The molecule has 0 atom stereocenters. The van der Waals surface area contributed by atoms with Crippen LogP contribution < -0.4 is 11.5 Å². The van der Waals surface area contributed by atoms with Gasteiger partial charge < -0.3 is 11.5 Å². The summed E-state index contributed by atoms with van der Waals surface area (Å²) in [5.74, 6) is -0.378. The number of benzene rings is 8. The molecule has 0 saturated heterocycles. The van der Waals surface area contributed by atoms with Gasteiger partial charge in [-0.25, -0.2) is 0 Å². The quantitative estimate of drug-likeness (QED) is 0.150. The van der Waals surface area contributed by atoms with Crippen LogP contribution in [0, 0.1) is 0 Å². The van der Waals surface area contributed by atoms with Crippen molar-refractivity contribution in [1.82, 2.24) is 0 Å². The Kier molecular flexibility index (Phi) is 9.76. The van der Waals surface area contributed by atoms with Gasteiger partial charge in [0.15, 0.2) is 0 Å². The fourth-order valence-electron chi connectivity index (χ4n) is 8.30. The molecule has 2 nitrogen and oxygen atoms in total. The molecule has 0 aliphatic heterocycles. The SMILES string of the molecule is NC1=C(c2ccc(-c3ccccc3)cc2)C(Br)(c2ccc(-c3ccccc3)cc2)C(c2ccc(-c3ccccc3)cc2)=C(N)C1c1ccc(-c2ccccc2)cc1. The molecule has 0 amide bonds. The second-order valence-corrected chi connectivity index (χ2v) is 15.8. The first-order valence-corrected chi connectivity index (χ1v) is 20.1. The van der Waals surface area contributed by atoms with Crippen molar-refractivity contribution >= 4 is 27.1 Å². The molecule has 0 spiro atoms. The van der Waals surface area contributed by atoms with E-state index >= 15 is 0 Å². The van der Waals surface area contributed by atoms with Gasteiger partial charge in [-0.1, -0.05) is 234 Å². The molecule has 0 fully saturated rings. The predicted octanol–water partition coefficient (Wildman–Crippen LogP) is 13.5. The summed E-state index contributed by atoms with van der Waals surface area (Å²) in [6.45, 7) is 0. The minimum Gasteiger partial charge on any atom is -0.401 e. The molecule has 0 saturated carbocycles. The molecule has 1 aliphatic carbocycles. The van der Waals surface area contributed by atoms with Gasteiger partial charge in [0.2, 0.25) is 0 Å². The number of alkyl halides is 1. The highest BCUT2D eigenvalue weighted by Crippen LogP contribution is 2.60. The molecular weight excluding hydrogens is 757 g/mol. The lowest BCUT2D eigenvalue weighted by Crippen LogP contribution is -2.36. The Morgan fingerprint density at radius 2 is 0.544 bits per heavy atom. The predicted molar refractivity (Wildman–Crippen MR) is 243 cm³/mol. The van der Waals surface area contributed by atoms with Crippen LogP contribution in [0.25, 0.3) is 55.7 Å². The highest BCUT2D eigenvalue weighted by Gasteiger charge is 2.47. The van der Waals surface area contributed by atoms with Crippen LogP contribution in [0.2, 0.25) is 0 Å². The minimum atomic E-state index is -0.903. The molecule has 0 unspecified atom stereocenters. The standard InChI is InChI=1S/C54H41BrN2/c55-54(48-35-33-44(34-36-48)40-19-11-4-12-20-40)50(46-29-23-42(24-30-46)38-15-7-2-8-16-38)52(56)49(45-27-21-41(22-28-45)37-13-5-1-6-14-37)53(57)51(54)47-31-25-43(26-32-47)39-17-9-3-10-18-39/h1-36,49H,56-57H2. The molecule has 0 bridgehead atoms. The summed E-state index contributed by atoms with van der Waals surface area (Å²) in [5, 5.41) is 0. The molecule has 274 valence electrons. The van der Waals surface area contributed by atoms with Gasteiger partial charge in [0.1, 0.15) is 4.32 Å². The smallest absolute Gasteiger partial charge is 0.105 e. The van der Waals surface area contributed by atoms with Crippen molar-refractivity contribution in [3.05, 3.63) is 252 Å². The second-order valence-electron chi connectivity index (χ2n) is 14.6. The first kappa shape index (κ1) is 36.0. The molecule has 1 aliphatic rings. The number of nitrogens with two attached hydrogens (primary N) is 2. The van der Waals surface area contributed by atoms with Gasteiger partial charge in [0, 0.05) is 22.5 Å². The molecule has 4 N–H and O–H groups in total. The summed E-state index contributed by atoms with van der Waals surface area (Å²) in [4.78, 5) is 0. The summed E-state index contributed by atoms with van der Waals surface area (Å²) >= 11 is 4.47. The molecule has 8 aromatic rings. The lowest BCUT2D eigenvalue weighted by molar-refractivity contribution is 0.832. The van der Waals surface area contributed by atoms with Gasteiger partial charge in [0.05, 0.1) is 5.92 Å². The van der Waals surface area contributed by atoms with Crippen molar-refractivity contribution in [2.45, 2.75) is 10.2 Å². The number of allylic oxidation sites excluding steroid dienone is 2. The zero-order chi connectivity index (χ0) is 38.8. The Morgan fingerprint density at radius 1 is 0.298 bits per heavy atom. The Bertz CT molecular complexity index is 2580. The minimum absolute atomic E-state index is 0.378. The number of hydrogen-bond acceptors (Lipinski definition) is 2. The molecule has 57 heavy (non-hydrogen) atoms. The van der Waals surface area contributed by atoms with E-state index in [9.17, 15) is 0 Å². The topological polar surface area (TPSA) is 52.0 Å². The van der Waals surface area contributed by atoms with E-state index in [0.29, 0.717) is 11.4 Å². The summed E-state index contributed by atoms with van der Waals surface area (Å²) in [6, 6.07) is 76.9. The van der Waals surface area contributed by atoms with Crippen LogP contribution in [-0.4, -0.2) is 0 Å². The zero-order valence-electron chi connectivity index (χ0n) is 31.4. The molecular formula is C54H41BrN2. The summed E-state index contributed by atoms with van der Waals surface area (Å²) in [5.41, 5.74) is 31.9. The highest BCUT2D eigenvalue weighted by molar-refractivity contribution is 9.10. The van der Waals surface area contributed by atoms with E-state index in [-0.39, 0.29) is 5.92 Å². The van der Waals surface area contributed by atoms with Crippen molar-refractivity contribution in [2.75, 3.05) is 0 Å². The van der Waals surface area contributed by atoms with Crippen LogP contribution in [0.15, 0.2) is 230 Å². The van der Waals surface area contributed by atoms with Crippen LogP contribution in [0.3, 0.4) is 0 Å². The fourth-order valence-corrected chi connectivity index (χ4v) is 9.48. The number of halogens is 1. The van der Waals surface area contributed by atoms with E-state index in [1.165, 1.54) is 0 Å². The first-order valence-electron chi connectivity index (χ1n) is 19.3. The van der Waals surface area contributed by atoms with E-state index in [2.05, 4.69) is 210 Å². The van der Waals surface area contributed by atoms with Crippen LogP contribution in [0.4, 0.5) is 0 Å². The maximum atomic E-state index is 7.59. The maximum Gasteiger partial charge on any atom is 0.105 e. The van der Waals surface area contributed by atoms with Gasteiger partial charge in [-0.2, -0.15) is 0 Å². The van der Waals surface area contributed by atoms with E-state index in [1.54, 1.807) is 0 Å². The fraction of sp³-hybridized carbons (Fsp3) is 0.0370.